The van der Waals surface area contributed by atoms with Crippen molar-refractivity contribution in [2.24, 2.45) is 0 Å². The van der Waals surface area contributed by atoms with Crippen LogP contribution in [0.2, 0.25) is 0 Å². The number of alkyl halides is 3. The second-order valence-corrected chi connectivity index (χ2v) is 8.69. The Labute approximate surface area is 222 Å². The number of anilines is 1. The second-order valence-electron chi connectivity index (χ2n) is 7.55. The summed E-state index contributed by atoms with van der Waals surface area (Å²) >= 11 is 0.982. The number of nitrogens with two attached hydrogens (primary N) is 1. The number of aromatic nitrogens is 1. The molecule has 0 bridgehead atoms. The van der Waals surface area contributed by atoms with Crippen LogP contribution in [0.1, 0.15) is 47.1 Å². The number of pyridine rings is 1. The lowest BCUT2D eigenvalue weighted by Gasteiger charge is -2.11. The van der Waals surface area contributed by atoms with E-state index in [2.05, 4.69) is 10.3 Å². The highest BCUT2D eigenvalue weighted by molar-refractivity contribution is 7.19. The Morgan fingerprint density at radius 1 is 1.08 bits per heavy atom. The van der Waals surface area contributed by atoms with Crippen molar-refractivity contribution in [3.8, 4) is 11.1 Å². The van der Waals surface area contributed by atoms with E-state index in [1.807, 2.05) is 39.0 Å². The molecule has 0 radical (unpaired) electrons. The van der Waals surface area contributed by atoms with Crippen LogP contribution >= 0.6 is 11.3 Å². The first-order chi connectivity index (χ1) is 18.1. The largest absolute Gasteiger partial charge is 0.478 e. The van der Waals surface area contributed by atoms with Gasteiger partial charge in [-0.2, -0.15) is 13.2 Å². The minimum Gasteiger partial charge on any atom is -0.478 e. The Kier molecular flexibility index (Phi) is 11.0. The lowest BCUT2D eigenvalue weighted by molar-refractivity contribution is -0.136. The van der Waals surface area contributed by atoms with Crippen molar-refractivity contribution in [3.63, 3.8) is 0 Å². The summed E-state index contributed by atoms with van der Waals surface area (Å²) < 4.78 is 40.6. The summed E-state index contributed by atoms with van der Waals surface area (Å²) in [6.07, 6.45) is 1.65. The monoisotopic (exact) mass is 543 g/mol. The first kappa shape index (κ1) is 30.0. The molecule has 2 aromatic carbocycles. The fourth-order valence-corrected chi connectivity index (χ4v) is 4.45. The third-order valence-corrected chi connectivity index (χ3v) is 6.15. The molecule has 0 saturated carbocycles. The lowest BCUT2D eigenvalue weighted by Crippen LogP contribution is -2.07. The fourth-order valence-electron chi connectivity index (χ4n) is 3.33. The van der Waals surface area contributed by atoms with Gasteiger partial charge in [-0.1, -0.05) is 38.1 Å². The molecule has 2 heterocycles. The zero-order valence-electron chi connectivity index (χ0n) is 21.0. The average molecular weight is 544 g/mol. The van der Waals surface area contributed by atoms with Crippen molar-refractivity contribution in [2.45, 2.75) is 33.5 Å². The van der Waals surface area contributed by atoms with Crippen LogP contribution in [-0.4, -0.2) is 22.5 Å². The summed E-state index contributed by atoms with van der Waals surface area (Å²) in [4.78, 5) is 25.9. The molecule has 0 aliphatic heterocycles. The maximum Gasteiger partial charge on any atom is 0.417 e. The van der Waals surface area contributed by atoms with Crippen LogP contribution in [0.15, 0.2) is 66.9 Å². The van der Waals surface area contributed by atoms with Crippen LogP contribution in [0.5, 0.6) is 0 Å². The van der Waals surface area contributed by atoms with Crippen LogP contribution in [-0.2, 0) is 17.5 Å². The van der Waals surface area contributed by atoms with Gasteiger partial charge < -0.3 is 16.2 Å². The van der Waals surface area contributed by atoms with Crippen LogP contribution in [0, 0.1) is 0 Å². The number of carbonyl (C=O) groups is 2. The number of carboxylic acid groups (broad SMARTS) is 1. The van der Waals surface area contributed by atoms with Gasteiger partial charge in [-0.25, -0.2) is 9.78 Å². The molecule has 0 fully saturated rings. The van der Waals surface area contributed by atoms with Crippen molar-refractivity contribution < 1.29 is 27.9 Å². The van der Waals surface area contributed by atoms with Crippen LogP contribution in [0.4, 0.5) is 19.0 Å². The topological polar surface area (TPSA) is 105 Å². The Bertz CT molecular complexity index is 1380. The van der Waals surface area contributed by atoms with E-state index in [4.69, 9.17) is 10.8 Å². The molecular weight excluding hydrogens is 515 g/mol. The summed E-state index contributed by atoms with van der Waals surface area (Å²) in [7, 11) is 0. The number of nitrogens with zero attached hydrogens (tertiary/aromatic N) is 1. The van der Waals surface area contributed by atoms with Crippen LogP contribution in [0.3, 0.4) is 0 Å². The fraction of sp³-hybridized carbons (Fsp3) is 0.179. The normalized spacial score (nSPS) is 10.8. The minimum atomic E-state index is -4.53. The predicted octanol–water partition coefficient (Wildman–Crippen LogP) is 7.25. The van der Waals surface area contributed by atoms with Gasteiger partial charge in [0.1, 0.15) is 5.82 Å². The number of amides is 1. The molecule has 1 amide bonds. The number of hydrogen-bond donors (Lipinski definition) is 3. The number of carbonyl (C=O) groups excluding carboxylic acids is 1. The maximum absolute atomic E-state index is 13.5. The van der Waals surface area contributed by atoms with E-state index < -0.39 is 17.7 Å². The number of nitrogen functional groups attached to an aromatic ring is 1. The van der Waals surface area contributed by atoms with E-state index in [9.17, 15) is 22.8 Å². The Hall–Kier alpha value is -4.18. The Balaban J connectivity index is 0.000000353. The highest BCUT2D eigenvalue weighted by Gasteiger charge is 2.34. The summed E-state index contributed by atoms with van der Waals surface area (Å²) in [5.41, 5.74) is 6.60. The molecule has 0 saturated heterocycles. The number of fused-ring (bicyclic) bond motifs is 1. The van der Waals surface area contributed by atoms with Gasteiger partial charge in [-0.15, -0.1) is 11.3 Å². The van der Waals surface area contributed by atoms with E-state index in [-0.39, 0.29) is 16.8 Å². The molecule has 200 valence electrons. The third-order valence-electron chi connectivity index (χ3n) is 4.97. The van der Waals surface area contributed by atoms with Crippen molar-refractivity contribution in [1.82, 2.24) is 10.3 Å². The molecule has 2 aromatic heterocycles. The first-order valence-electron chi connectivity index (χ1n) is 11.6. The molecule has 0 spiro atoms. The smallest absolute Gasteiger partial charge is 0.417 e. The van der Waals surface area contributed by atoms with E-state index >= 15 is 0 Å². The average Bonchev–Trinajstić information content (AvgIpc) is 3.32. The van der Waals surface area contributed by atoms with Gasteiger partial charge in [-0.05, 0) is 71.5 Å². The molecule has 10 heteroatoms. The third kappa shape index (κ3) is 8.17. The second kappa shape index (κ2) is 13.9. The molecule has 38 heavy (non-hydrogen) atoms. The van der Waals surface area contributed by atoms with E-state index in [1.54, 1.807) is 24.4 Å². The Morgan fingerprint density at radius 2 is 1.76 bits per heavy atom. The summed E-state index contributed by atoms with van der Waals surface area (Å²) in [6.45, 7) is 6.12. The molecule has 0 aliphatic carbocycles. The summed E-state index contributed by atoms with van der Waals surface area (Å²) in [6, 6.07) is 13.7. The van der Waals surface area contributed by atoms with Gasteiger partial charge >= 0.3 is 12.1 Å². The van der Waals surface area contributed by atoms with Gasteiger partial charge in [-0.3, -0.25) is 4.79 Å². The molecule has 0 unspecified atom stereocenters. The number of aromatic carboxylic acids is 1. The molecular formula is C28H28F3N3O3S. The molecule has 0 aliphatic rings. The van der Waals surface area contributed by atoms with Gasteiger partial charge in [0.15, 0.2) is 0 Å². The SMILES string of the molecule is C/C=C/c1ccc(N)nc1.CC.O=CNCc1cc2cc(-c3ccc(C(=O)O)cc3)cc(C(F)(F)F)c2s1. The molecule has 4 rings (SSSR count). The number of hydrogen-bond acceptors (Lipinski definition) is 5. The van der Waals surface area contributed by atoms with Gasteiger partial charge in [0.25, 0.3) is 0 Å². The van der Waals surface area contributed by atoms with Gasteiger partial charge in [0.2, 0.25) is 6.41 Å². The number of allylic oxidation sites excluding steroid dienone is 1. The molecule has 6 nitrogen and oxygen atoms in total. The maximum atomic E-state index is 13.5. The zero-order valence-corrected chi connectivity index (χ0v) is 21.9. The molecule has 0 atom stereocenters. The Morgan fingerprint density at radius 3 is 2.29 bits per heavy atom. The number of thiophene rings is 1. The van der Waals surface area contributed by atoms with Gasteiger partial charge in [0, 0.05) is 15.8 Å². The quantitative estimate of drug-likeness (QED) is 0.222. The zero-order chi connectivity index (χ0) is 28.3. The number of benzene rings is 2. The highest BCUT2D eigenvalue weighted by atomic mass is 32.1. The van der Waals surface area contributed by atoms with E-state index in [1.165, 1.54) is 24.3 Å². The van der Waals surface area contributed by atoms with E-state index in [0.29, 0.717) is 33.6 Å². The predicted molar refractivity (Wildman–Crippen MR) is 147 cm³/mol. The molecule has 4 aromatic rings. The highest BCUT2D eigenvalue weighted by Crippen LogP contribution is 2.41. The van der Waals surface area contributed by atoms with E-state index in [0.717, 1.165) is 23.0 Å². The molecule has 4 N–H and O–H groups in total. The van der Waals surface area contributed by atoms with Gasteiger partial charge in [0.05, 0.1) is 17.7 Å². The van der Waals surface area contributed by atoms with Crippen molar-refractivity contribution in [3.05, 3.63) is 88.4 Å². The van der Waals surface area contributed by atoms with Crippen molar-refractivity contribution >= 4 is 45.7 Å². The minimum absolute atomic E-state index is 0.0589. The lowest BCUT2D eigenvalue weighted by atomic mass is 9.99. The summed E-state index contributed by atoms with van der Waals surface area (Å²) in [5, 5.41) is 11.8. The van der Waals surface area contributed by atoms with Crippen LogP contribution in [0.25, 0.3) is 27.3 Å². The van der Waals surface area contributed by atoms with Crippen molar-refractivity contribution in [2.75, 3.05) is 5.73 Å². The number of carboxylic acids is 1. The van der Waals surface area contributed by atoms with Crippen molar-refractivity contribution in [1.29, 1.82) is 0 Å². The number of rotatable bonds is 6. The standard InChI is InChI=1S/C18H12F3NO3S.C8H10N2.C2H6/c19-18(20,21)15-7-12(10-1-3-11(4-2-10)17(24)25)5-13-6-14(8-22-9-23)26-16(13)15;1-2-3-7-4-5-8(9)10-6-7;1-2/h1-7,9H,8H2,(H,22,23)(H,24,25);2-6H,1H3,(H2,9,10);1-2H3/b;3-2+;. The number of nitrogens with one attached hydrogen (secondary N) is 1. The summed E-state index contributed by atoms with van der Waals surface area (Å²) in [5.74, 6) is -0.540. The number of halogens is 3. The van der Waals surface area contributed by atoms with Crippen LogP contribution < -0.4 is 11.1 Å². The first-order valence-corrected chi connectivity index (χ1v) is 12.4.